The van der Waals surface area contributed by atoms with E-state index in [1.165, 1.54) is 12.1 Å². The second kappa shape index (κ2) is 4.40. The molecule has 1 aromatic carbocycles. The molecule has 0 radical (unpaired) electrons. The summed E-state index contributed by atoms with van der Waals surface area (Å²) in [7, 11) is 0. The van der Waals surface area contributed by atoms with Crippen molar-refractivity contribution in [2.75, 3.05) is 0 Å². The van der Waals surface area contributed by atoms with Crippen molar-refractivity contribution < 1.29 is 4.39 Å². The van der Waals surface area contributed by atoms with Crippen molar-refractivity contribution in [3.63, 3.8) is 0 Å². The Morgan fingerprint density at radius 3 is 2.40 bits per heavy atom. The molecule has 1 aromatic heterocycles. The molecule has 0 saturated heterocycles. The van der Waals surface area contributed by atoms with E-state index in [1.807, 2.05) is 0 Å². The van der Waals surface area contributed by atoms with Gasteiger partial charge in [0.2, 0.25) is 0 Å². The van der Waals surface area contributed by atoms with Crippen molar-refractivity contribution in [3.8, 4) is 0 Å². The van der Waals surface area contributed by atoms with Crippen LogP contribution in [0, 0.1) is 5.82 Å². The van der Waals surface area contributed by atoms with Crippen LogP contribution in [0.1, 0.15) is 5.56 Å². The topological polar surface area (TPSA) is 30.7 Å². The van der Waals surface area contributed by atoms with Gasteiger partial charge >= 0.3 is 0 Å². The molecule has 0 N–H and O–H groups in total. The fourth-order valence-electron chi connectivity index (χ4n) is 1.14. The summed E-state index contributed by atoms with van der Waals surface area (Å²) >= 11 is 6.58. The van der Waals surface area contributed by atoms with Crippen molar-refractivity contribution in [2.45, 2.75) is 6.54 Å². The molecule has 78 valence electrons. The van der Waals surface area contributed by atoms with Crippen molar-refractivity contribution in [1.29, 1.82) is 0 Å². The average Bonchev–Trinajstić information content (AvgIpc) is 2.53. The van der Waals surface area contributed by atoms with E-state index in [0.717, 1.165) is 10.2 Å². The molecule has 0 saturated carbocycles. The number of rotatable bonds is 2. The molecule has 1 heterocycles. The zero-order chi connectivity index (χ0) is 10.8. The summed E-state index contributed by atoms with van der Waals surface area (Å²) in [6.07, 6.45) is 0. The third-order valence-corrected chi connectivity index (χ3v) is 3.73. The maximum atomic E-state index is 12.7. The molecule has 0 fully saturated rings. The zero-order valence-corrected chi connectivity index (χ0v) is 10.7. The maximum Gasteiger partial charge on any atom is 0.162 e. The molecule has 0 aliphatic carbocycles. The van der Waals surface area contributed by atoms with Crippen LogP contribution in [0.25, 0.3) is 0 Å². The SMILES string of the molecule is Fc1ccc(Cn2nnc(Br)c2Br)cc1. The molecule has 15 heavy (non-hydrogen) atoms. The number of aromatic nitrogens is 3. The fraction of sp³-hybridized carbons (Fsp3) is 0.111. The Bertz CT molecular complexity index is 467. The molecule has 0 atom stereocenters. The molecular weight excluding hydrogens is 329 g/mol. The fourth-order valence-corrected chi connectivity index (χ4v) is 1.70. The van der Waals surface area contributed by atoms with E-state index in [0.29, 0.717) is 11.1 Å². The molecule has 2 aromatic rings. The van der Waals surface area contributed by atoms with Crippen LogP contribution in [-0.4, -0.2) is 15.0 Å². The lowest BCUT2D eigenvalue weighted by Crippen LogP contribution is -2.02. The van der Waals surface area contributed by atoms with Crippen LogP contribution in [0.5, 0.6) is 0 Å². The smallest absolute Gasteiger partial charge is 0.162 e. The predicted octanol–water partition coefficient (Wildman–Crippen LogP) is 2.99. The quantitative estimate of drug-likeness (QED) is 0.845. The summed E-state index contributed by atoms with van der Waals surface area (Å²) in [4.78, 5) is 0. The molecule has 0 aliphatic rings. The summed E-state index contributed by atoms with van der Waals surface area (Å²) in [6, 6.07) is 6.29. The van der Waals surface area contributed by atoms with Crippen molar-refractivity contribution in [3.05, 3.63) is 44.9 Å². The van der Waals surface area contributed by atoms with E-state index in [4.69, 9.17) is 0 Å². The highest BCUT2D eigenvalue weighted by atomic mass is 79.9. The predicted molar refractivity (Wildman–Crippen MR) is 60.9 cm³/mol. The lowest BCUT2D eigenvalue weighted by atomic mass is 10.2. The standard InChI is InChI=1S/C9H6Br2FN3/c10-8-9(11)15(14-13-8)5-6-1-3-7(12)4-2-6/h1-4H,5H2. The third-order valence-electron chi connectivity index (χ3n) is 1.88. The van der Waals surface area contributed by atoms with Crippen molar-refractivity contribution in [2.24, 2.45) is 0 Å². The highest BCUT2D eigenvalue weighted by Crippen LogP contribution is 2.20. The highest BCUT2D eigenvalue weighted by molar-refractivity contribution is 9.13. The molecule has 2 rings (SSSR count). The van der Waals surface area contributed by atoms with E-state index in [9.17, 15) is 4.39 Å². The minimum atomic E-state index is -0.238. The van der Waals surface area contributed by atoms with Crippen LogP contribution in [0.15, 0.2) is 33.5 Å². The third kappa shape index (κ3) is 2.43. The minimum absolute atomic E-state index is 0.238. The van der Waals surface area contributed by atoms with Crippen LogP contribution in [0.3, 0.4) is 0 Å². The Morgan fingerprint density at radius 2 is 1.87 bits per heavy atom. The lowest BCUT2D eigenvalue weighted by Gasteiger charge is -2.01. The number of hydrogen-bond donors (Lipinski definition) is 0. The van der Waals surface area contributed by atoms with Crippen LogP contribution in [-0.2, 0) is 6.54 Å². The first-order valence-corrected chi connectivity index (χ1v) is 5.74. The van der Waals surface area contributed by atoms with E-state index in [2.05, 4.69) is 42.2 Å². The van der Waals surface area contributed by atoms with Gasteiger partial charge in [-0.15, -0.1) is 5.10 Å². The van der Waals surface area contributed by atoms with Gasteiger partial charge in [-0.3, -0.25) is 0 Å². The monoisotopic (exact) mass is 333 g/mol. The van der Waals surface area contributed by atoms with Gasteiger partial charge in [-0.2, -0.15) is 0 Å². The Morgan fingerprint density at radius 1 is 1.20 bits per heavy atom. The molecule has 0 spiro atoms. The molecule has 0 unspecified atom stereocenters. The number of benzene rings is 1. The molecule has 0 amide bonds. The molecule has 6 heteroatoms. The summed E-state index contributed by atoms with van der Waals surface area (Å²) in [5.74, 6) is -0.238. The average molecular weight is 335 g/mol. The number of halogens is 3. The first-order valence-electron chi connectivity index (χ1n) is 4.16. The van der Waals surface area contributed by atoms with E-state index < -0.39 is 0 Å². The Labute approximate surface area is 103 Å². The number of nitrogens with zero attached hydrogens (tertiary/aromatic N) is 3. The molecule has 3 nitrogen and oxygen atoms in total. The molecule has 0 aliphatic heterocycles. The zero-order valence-electron chi connectivity index (χ0n) is 7.49. The summed E-state index contributed by atoms with van der Waals surface area (Å²) in [5.41, 5.74) is 0.967. The van der Waals surface area contributed by atoms with Gasteiger partial charge in [0.15, 0.2) is 4.60 Å². The molecule has 0 bridgehead atoms. The van der Waals surface area contributed by atoms with Gasteiger partial charge in [-0.1, -0.05) is 17.3 Å². The van der Waals surface area contributed by atoms with Gasteiger partial charge in [-0.05, 0) is 49.6 Å². The van der Waals surface area contributed by atoms with E-state index in [1.54, 1.807) is 16.8 Å². The normalized spacial score (nSPS) is 10.6. The second-order valence-electron chi connectivity index (χ2n) is 2.96. The highest BCUT2D eigenvalue weighted by Gasteiger charge is 2.07. The van der Waals surface area contributed by atoms with Crippen LogP contribution in [0.2, 0.25) is 0 Å². The molecular formula is C9H6Br2FN3. The van der Waals surface area contributed by atoms with Crippen molar-refractivity contribution in [1.82, 2.24) is 15.0 Å². The summed E-state index contributed by atoms with van der Waals surface area (Å²) < 4.78 is 15.8. The van der Waals surface area contributed by atoms with Gasteiger partial charge in [0.1, 0.15) is 10.4 Å². The summed E-state index contributed by atoms with van der Waals surface area (Å²) in [5, 5.41) is 7.75. The second-order valence-corrected chi connectivity index (χ2v) is 4.46. The van der Waals surface area contributed by atoms with Gasteiger partial charge in [0.25, 0.3) is 0 Å². The van der Waals surface area contributed by atoms with E-state index >= 15 is 0 Å². The van der Waals surface area contributed by atoms with E-state index in [-0.39, 0.29) is 5.82 Å². The Hall–Kier alpha value is -0.750. The maximum absolute atomic E-state index is 12.7. The van der Waals surface area contributed by atoms with Gasteiger partial charge in [-0.25, -0.2) is 9.07 Å². The van der Waals surface area contributed by atoms with Crippen LogP contribution in [0.4, 0.5) is 4.39 Å². The van der Waals surface area contributed by atoms with Gasteiger partial charge in [0, 0.05) is 0 Å². The number of hydrogen-bond acceptors (Lipinski definition) is 2. The van der Waals surface area contributed by atoms with Gasteiger partial charge < -0.3 is 0 Å². The van der Waals surface area contributed by atoms with Crippen LogP contribution < -0.4 is 0 Å². The Kier molecular flexibility index (Phi) is 3.16. The van der Waals surface area contributed by atoms with Crippen molar-refractivity contribution >= 4 is 31.9 Å². The minimum Gasteiger partial charge on any atom is -0.233 e. The Balaban J connectivity index is 2.22. The van der Waals surface area contributed by atoms with Gasteiger partial charge in [0.05, 0.1) is 6.54 Å². The first kappa shape index (κ1) is 10.8. The lowest BCUT2D eigenvalue weighted by molar-refractivity contribution is 0.619. The largest absolute Gasteiger partial charge is 0.233 e. The van der Waals surface area contributed by atoms with Crippen LogP contribution >= 0.6 is 31.9 Å². The first-order chi connectivity index (χ1) is 7.16. The summed E-state index contributed by atoms with van der Waals surface area (Å²) in [6.45, 7) is 0.555.